The number of rotatable bonds is 3. The van der Waals surface area contributed by atoms with Crippen molar-refractivity contribution < 1.29 is 9.53 Å². The second-order valence-corrected chi connectivity index (χ2v) is 4.01. The maximum absolute atomic E-state index is 11.1. The number of piperidine rings is 1. The number of ether oxygens (including phenoxy) is 1. The zero-order chi connectivity index (χ0) is 11.4. The van der Waals surface area contributed by atoms with E-state index < -0.39 is 5.97 Å². The number of nitrogens with one attached hydrogen (secondary N) is 2. The summed E-state index contributed by atoms with van der Waals surface area (Å²) in [5.74, 6) is 0.951. The Hall–Kier alpha value is -1.43. The van der Waals surface area contributed by atoms with Crippen LogP contribution >= 0.6 is 0 Å². The van der Waals surface area contributed by atoms with Gasteiger partial charge < -0.3 is 10.1 Å². The van der Waals surface area contributed by atoms with Crippen LogP contribution in [0.3, 0.4) is 0 Å². The molecule has 0 saturated carbocycles. The molecule has 0 aromatic carbocycles. The molecule has 0 radical (unpaired) electrons. The maximum Gasteiger partial charge on any atom is 0.377 e. The van der Waals surface area contributed by atoms with Gasteiger partial charge in [-0.05, 0) is 31.8 Å². The summed E-state index contributed by atoms with van der Waals surface area (Å²) in [6.07, 6.45) is 3.22. The van der Waals surface area contributed by atoms with Crippen molar-refractivity contribution in [3.63, 3.8) is 0 Å². The first-order valence-corrected chi connectivity index (χ1v) is 5.50. The third kappa shape index (κ3) is 2.57. The first-order valence-electron chi connectivity index (χ1n) is 5.50. The van der Waals surface area contributed by atoms with Gasteiger partial charge in [0.05, 0.1) is 7.11 Å². The number of hydrogen-bond acceptors (Lipinski definition) is 5. The van der Waals surface area contributed by atoms with E-state index in [1.165, 1.54) is 20.0 Å². The summed E-state index contributed by atoms with van der Waals surface area (Å²) < 4.78 is 4.54. The number of carbonyl (C=O) groups is 1. The quantitative estimate of drug-likeness (QED) is 0.713. The fourth-order valence-electron chi connectivity index (χ4n) is 1.94. The standard InChI is InChI=1S/C10H16N4O2/c1-16-10(15)9-12-8(13-14-9)5-7-3-2-4-11-6-7/h7,11H,2-6H2,1H3,(H,12,13,14). The third-order valence-electron chi connectivity index (χ3n) is 2.78. The maximum atomic E-state index is 11.1. The minimum absolute atomic E-state index is 0.112. The number of H-pyrrole nitrogens is 1. The van der Waals surface area contributed by atoms with E-state index in [1.807, 2.05) is 0 Å². The lowest BCUT2D eigenvalue weighted by atomic mass is 9.96. The van der Waals surface area contributed by atoms with Crippen LogP contribution in [0.1, 0.15) is 29.3 Å². The van der Waals surface area contributed by atoms with Crippen LogP contribution in [0, 0.1) is 5.92 Å². The first kappa shape index (κ1) is 11.1. The van der Waals surface area contributed by atoms with E-state index in [0.29, 0.717) is 5.92 Å². The Labute approximate surface area is 93.8 Å². The van der Waals surface area contributed by atoms with Gasteiger partial charge in [-0.2, -0.15) is 0 Å². The van der Waals surface area contributed by atoms with Gasteiger partial charge in [-0.15, -0.1) is 5.10 Å². The van der Waals surface area contributed by atoms with Gasteiger partial charge in [0.1, 0.15) is 5.82 Å². The van der Waals surface area contributed by atoms with E-state index in [4.69, 9.17) is 0 Å². The van der Waals surface area contributed by atoms with E-state index in [-0.39, 0.29) is 5.82 Å². The van der Waals surface area contributed by atoms with Crippen molar-refractivity contribution >= 4 is 5.97 Å². The van der Waals surface area contributed by atoms with E-state index in [2.05, 4.69) is 25.2 Å². The number of methoxy groups -OCH3 is 1. The Morgan fingerprint density at radius 2 is 2.50 bits per heavy atom. The van der Waals surface area contributed by atoms with Crippen LogP contribution in [0.5, 0.6) is 0 Å². The molecule has 1 fully saturated rings. The molecule has 6 nitrogen and oxygen atoms in total. The predicted molar refractivity (Wildman–Crippen MR) is 57.0 cm³/mol. The van der Waals surface area contributed by atoms with Crippen molar-refractivity contribution in [2.45, 2.75) is 19.3 Å². The second kappa shape index (κ2) is 5.07. The Morgan fingerprint density at radius 3 is 3.19 bits per heavy atom. The Balaban J connectivity index is 1.94. The SMILES string of the molecule is COC(=O)c1n[nH]c(CC2CCCNC2)n1. The molecule has 16 heavy (non-hydrogen) atoms. The number of nitrogens with zero attached hydrogens (tertiary/aromatic N) is 2. The zero-order valence-electron chi connectivity index (χ0n) is 9.32. The van der Waals surface area contributed by atoms with Crippen molar-refractivity contribution in [2.75, 3.05) is 20.2 Å². The van der Waals surface area contributed by atoms with Gasteiger partial charge in [0.25, 0.3) is 5.82 Å². The molecule has 6 heteroatoms. The third-order valence-corrected chi connectivity index (χ3v) is 2.78. The van der Waals surface area contributed by atoms with Crippen LogP contribution in [0.2, 0.25) is 0 Å². The fourth-order valence-corrected chi connectivity index (χ4v) is 1.94. The normalized spacial score (nSPS) is 20.7. The van der Waals surface area contributed by atoms with Crippen molar-refractivity contribution in [3.05, 3.63) is 11.6 Å². The highest BCUT2D eigenvalue weighted by Gasteiger charge is 2.17. The minimum atomic E-state index is -0.496. The molecule has 1 atom stereocenters. The van der Waals surface area contributed by atoms with Crippen LogP contribution in [0.15, 0.2) is 0 Å². The van der Waals surface area contributed by atoms with Gasteiger partial charge in [0.15, 0.2) is 0 Å². The molecule has 0 spiro atoms. The highest BCUT2D eigenvalue weighted by Crippen LogP contribution is 2.14. The van der Waals surface area contributed by atoms with Gasteiger partial charge in [-0.25, -0.2) is 9.78 Å². The monoisotopic (exact) mass is 224 g/mol. The summed E-state index contributed by atoms with van der Waals surface area (Å²) in [7, 11) is 1.32. The molecular formula is C10H16N4O2. The van der Waals surface area contributed by atoms with Gasteiger partial charge in [0.2, 0.25) is 0 Å². The molecular weight excluding hydrogens is 208 g/mol. The number of esters is 1. The molecule has 0 bridgehead atoms. The lowest BCUT2D eigenvalue weighted by Gasteiger charge is -2.21. The van der Waals surface area contributed by atoms with Gasteiger partial charge >= 0.3 is 5.97 Å². The molecule has 0 amide bonds. The summed E-state index contributed by atoms with van der Waals surface area (Å²) in [4.78, 5) is 15.2. The zero-order valence-corrected chi connectivity index (χ0v) is 9.32. The molecule has 2 rings (SSSR count). The van der Waals surface area contributed by atoms with Crippen LogP contribution in [0.25, 0.3) is 0 Å². The molecule has 1 saturated heterocycles. The summed E-state index contributed by atoms with van der Waals surface area (Å²) in [5, 5.41) is 9.94. The Bertz CT molecular complexity index is 357. The fraction of sp³-hybridized carbons (Fsp3) is 0.700. The first-order chi connectivity index (χ1) is 7.79. The molecule has 88 valence electrons. The van der Waals surface area contributed by atoms with Gasteiger partial charge in [-0.1, -0.05) is 0 Å². The highest BCUT2D eigenvalue weighted by atomic mass is 16.5. The van der Waals surface area contributed by atoms with E-state index in [9.17, 15) is 4.79 Å². The molecule has 2 heterocycles. The second-order valence-electron chi connectivity index (χ2n) is 4.01. The number of aromatic nitrogens is 3. The summed E-state index contributed by atoms with van der Waals surface area (Å²) in [6.45, 7) is 2.11. The Kier molecular flexibility index (Phi) is 3.51. The van der Waals surface area contributed by atoms with Crippen LogP contribution in [-0.4, -0.2) is 41.3 Å². The van der Waals surface area contributed by atoms with Gasteiger partial charge in [0, 0.05) is 6.42 Å². The van der Waals surface area contributed by atoms with Gasteiger partial charge in [-0.3, -0.25) is 5.10 Å². The largest absolute Gasteiger partial charge is 0.463 e. The molecule has 1 aliphatic heterocycles. The lowest BCUT2D eigenvalue weighted by Crippen LogP contribution is -2.31. The van der Waals surface area contributed by atoms with Crippen molar-refractivity contribution in [3.8, 4) is 0 Å². The van der Waals surface area contributed by atoms with Crippen molar-refractivity contribution in [1.82, 2.24) is 20.5 Å². The topological polar surface area (TPSA) is 79.9 Å². The molecule has 2 N–H and O–H groups in total. The number of hydrogen-bond donors (Lipinski definition) is 2. The minimum Gasteiger partial charge on any atom is -0.463 e. The van der Waals surface area contributed by atoms with Crippen molar-refractivity contribution in [1.29, 1.82) is 0 Å². The lowest BCUT2D eigenvalue weighted by molar-refractivity contribution is 0.0587. The molecule has 1 aliphatic rings. The van der Waals surface area contributed by atoms with E-state index in [1.54, 1.807) is 0 Å². The summed E-state index contributed by atoms with van der Waals surface area (Å²) >= 11 is 0. The predicted octanol–water partition coefficient (Wildman–Crippen LogP) is 0.133. The molecule has 1 aromatic rings. The average molecular weight is 224 g/mol. The highest BCUT2D eigenvalue weighted by molar-refractivity contribution is 5.84. The molecule has 0 aliphatic carbocycles. The van der Waals surface area contributed by atoms with E-state index in [0.717, 1.165) is 25.3 Å². The van der Waals surface area contributed by atoms with Crippen LogP contribution < -0.4 is 5.32 Å². The average Bonchev–Trinajstić information content (AvgIpc) is 2.78. The molecule has 1 aromatic heterocycles. The summed E-state index contributed by atoms with van der Waals surface area (Å²) in [5.41, 5.74) is 0. The number of aromatic amines is 1. The number of carbonyl (C=O) groups excluding carboxylic acids is 1. The van der Waals surface area contributed by atoms with Crippen LogP contribution in [0.4, 0.5) is 0 Å². The van der Waals surface area contributed by atoms with E-state index >= 15 is 0 Å². The van der Waals surface area contributed by atoms with Crippen molar-refractivity contribution in [2.24, 2.45) is 5.92 Å². The smallest absolute Gasteiger partial charge is 0.377 e. The van der Waals surface area contributed by atoms with Crippen LogP contribution in [-0.2, 0) is 11.2 Å². The Morgan fingerprint density at radius 1 is 1.62 bits per heavy atom. The summed E-state index contributed by atoms with van der Waals surface area (Å²) in [6, 6.07) is 0. The molecule has 1 unspecified atom stereocenters.